The number of ether oxygens (including phenoxy) is 1. The molecule has 5 nitrogen and oxygen atoms in total. The molecule has 0 aliphatic rings. The summed E-state index contributed by atoms with van der Waals surface area (Å²) in [6.45, 7) is -1.85. The van der Waals surface area contributed by atoms with Crippen molar-refractivity contribution in [2.75, 3.05) is 18.6 Å². The van der Waals surface area contributed by atoms with Crippen LogP contribution in [-0.2, 0) is 11.3 Å². The zero-order valence-corrected chi connectivity index (χ0v) is 11.5. The fourth-order valence-electron chi connectivity index (χ4n) is 1.19. The van der Waals surface area contributed by atoms with Gasteiger partial charge in [-0.05, 0) is 18.4 Å². The predicted octanol–water partition coefficient (Wildman–Crippen LogP) is 2.24. The van der Waals surface area contributed by atoms with Crippen molar-refractivity contribution in [1.82, 2.24) is 10.1 Å². The predicted molar refractivity (Wildman–Crippen MR) is 64.8 cm³/mol. The summed E-state index contributed by atoms with van der Waals surface area (Å²) >= 11 is 1.60. The minimum Gasteiger partial charge on any atom is -0.367 e. The summed E-state index contributed by atoms with van der Waals surface area (Å²) in [5.74, 6) is -3.24. The van der Waals surface area contributed by atoms with Gasteiger partial charge in [-0.15, -0.1) is 0 Å². The Kier molecular flexibility index (Phi) is 6.69. The first-order valence-corrected chi connectivity index (χ1v) is 7.07. The number of hydrogen-bond donors (Lipinski definition) is 1. The van der Waals surface area contributed by atoms with Crippen LogP contribution in [0.1, 0.15) is 24.2 Å². The molecule has 1 heterocycles. The second-order valence-corrected chi connectivity index (χ2v) is 4.98. The van der Waals surface area contributed by atoms with E-state index in [0.29, 0.717) is 6.42 Å². The van der Waals surface area contributed by atoms with Crippen LogP contribution in [0.4, 0.5) is 17.6 Å². The molecule has 0 aliphatic carbocycles. The zero-order chi connectivity index (χ0) is 15.2. The second kappa shape index (κ2) is 7.79. The maximum Gasteiger partial charge on any atom is 0.330 e. The summed E-state index contributed by atoms with van der Waals surface area (Å²) in [6.07, 6.45) is -1.24. The summed E-state index contributed by atoms with van der Waals surface area (Å²) in [4.78, 5) is 3.86. The Morgan fingerprint density at radius 1 is 1.45 bits per heavy atom. The topological polar surface area (TPSA) is 74.2 Å². The van der Waals surface area contributed by atoms with E-state index in [-0.39, 0.29) is 11.7 Å². The van der Waals surface area contributed by atoms with Gasteiger partial charge in [-0.25, -0.2) is 8.78 Å². The lowest BCUT2D eigenvalue weighted by Crippen LogP contribution is -2.32. The summed E-state index contributed by atoms with van der Waals surface area (Å²) in [5.41, 5.74) is 5.76. The van der Waals surface area contributed by atoms with Crippen molar-refractivity contribution in [2.45, 2.75) is 31.4 Å². The molecular formula is C10H15F4N3O2S. The number of aromatic nitrogens is 2. The van der Waals surface area contributed by atoms with Gasteiger partial charge in [-0.2, -0.15) is 25.5 Å². The summed E-state index contributed by atoms with van der Waals surface area (Å²) in [5, 5.41) is 3.48. The van der Waals surface area contributed by atoms with Gasteiger partial charge in [0.25, 0.3) is 0 Å². The molecule has 1 atom stereocenters. The Morgan fingerprint density at radius 3 is 2.75 bits per heavy atom. The molecule has 116 valence electrons. The lowest BCUT2D eigenvalue weighted by atomic mass is 10.2. The highest BCUT2D eigenvalue weighted by atomic mass is 32.2. The number of thioether (sulfide) groups is 1. The molecule has 10 heteroatoms. The van der Waals surface area contributed by atoms with Crippen molar-refractivity contribution in [1.29, 1.82) is 0 Å². The monoisotopic (exact) mass is 317 g/mol. The molecule has 1 aromatic rings. The molecule has 0 bridgehead atoms. The first-order chi connectivity index (χ1) is 9.36. The van der Waals surface area contributed by atoms with Gasteiger partial charge in [0.2, 0.25) is 5.89 Å². The van der Waals surface area contributed by atoms with Crippen molar-refractivity contribution >= 4 is 11.8 Å². The second-order valence-electron chi connectivity index (χ2n) is 3.99. The summed E-state index contributed by atoms with van der Waals surface area (Å²) in [6, 6.07) is -0.453. The number of rotatable bonds is 9. The van der Waals surface area contributed by atoms with Crippen LogP contribution in [0.3, 0.4) is 0 Å². The van der Waals surface area contributed by atoms with Crippen LogP contribution < -0.4 is 5.73 Å². The van der Waals surface area contributed by atoms with Crippen molar-refractivity contribution in [2.24, 2.45) is 5.73 Å². The normalized spacial score (nSPS) is 13.9. The van der Waals surface area contributed by atoms with Gasteiger partial charge in [-0.3, -0.25) is 0 Å². The lowest BCUT2D eigenvalue weighted by molar-refractivity contribution is -0.168. The largest absolute Gasteiger partial charge is 0.367 e. The molecule has 0 aromatic carbocycles. The van der Waals surface area contributed by atoms with Crippen LogP contribution in [-0.4, -0.2) is 41.1 Å². The first-order valence-electron chi connectivity index (χ1n) is 5.67. The Balaban J connectivity index is 2.41. The van der Waals surface area contributed by atoms with Crippen LogP contribution in [0.25, 0.3) is 0 Å². The van der Waals surface area contributed by atoms with E-state index < -0.39 is 31.6 Å². The Bertz CT molecular complexity index is 406. The Hall–Kier alpha value is -0.870. The molecule has 0 fully saturated rings. The Labute approximate surface area is 117 Å². The average Bonchev–Trinajstić information content (AvgIpc) is 2.84. The van der Waals surface area contributed by atoms with E-state index >= 15 is 0 Å². The van der Waals surface area contributed by atoms with Gasteiger partial charge in [-0.1, -0.05) is 5.16 Å². The van der Waals surface area contributed by atoms with E-state index in [1.807, 2.05) is 6.26 Å². The van der Waals surface area contributed by atoms with E-state index in [0.717, 1.165) is 5.75 Å². The summed E-state index contributed by atoms with van der Waals surface area (Å²) < 4.78 is 58.2. The van der Waals surface area contributed by atoms with Crippen molar-refractivity contribution in [3.8, 4) is 0 Å². The molecule has 1 aromatic heterocycles. The fraction of sp³-hybridized carbons (Fsp3) is 0.800. The standard InChI is InChI=1S/C10H15F4N3O2S/c1-20-3-2-6(15)8-16-7(17-19-8)4-18-5-10(13,14)9(11)12/h6,9H,2-5,15H2,1H3. The van der Waals surface area contributed by atoms with E-state index in [4.69, 9.17) is 10.3 Å². The molecule has 1 rings (SSSR count). The molecule has 0 saturated carbocycles. The van der Waals surface area contributed by atoms with Crippen LogP contribution in [0, 0.1) is 0 Å². The quantitative estimate of drug-likeness (QED) is 0.704. The number of alkyl halides is 4. The highest BCUT2D eigenvalue weighted by molar-refractivity contribution is 7.98. The van der Waals surface area contributed by atoms with Crippen LogP contribution >= 0.6 is 11.8 Å². The molecule has 2 N–H and O–H groups in total. The molecule has 0 amide bonds. The smallest absolute Gasteiger partial charge is 0.330 e. The molecular weight excluding hydrogens is 302 g/mol. The molecule has 0 radical (unpaired) electrons. The van der Waals surface area contributed by atoms with Crippen LogP contribution in [0.2, 0.25) is 0 Å². The highest BCUT2D eigenvalue weighted by Crippen LogP contribution is 2.23. The van der Waals surface area contributed by atoms with E-state index in [2.05, 4.69) is 14.9 Å². The van der Waals surface area contributed by atoms with Crippen LogP contribution in [0.5, 0.6) is 0 Å². The van der Waals surface area contributed by atoms with Gasteiger partial charge in [0.15, 0.2) is 5.82 Å². The lowest BCUT2D eigenvalue weighted by Gasteiger charge is -2.14. The highest BCUT2D eigenvalue weighted by Gasteiger charge is 2.41. The number of nitrogens with two attached hydrogens (primary N) is 1. The molecule has 1 unspecified atom stereocenters. The number of nitrogens with zero attached hydrogens (tertiary/aromatic N) is 2. The van der Waals surface area contributed by atoms with E-state index in [1.54, 1.807) is 11.8 Å². The van der Waals surface area contributed by atoms with E-state index in [9.17, 15) is 17.6 Å². The van der Waals surface area contributed by atoms with Gasteiger partial charge in [0.05, 0.1) is 6.04 Å². The van der Waals surface area contributed by atoms with Crippen molar-refractivity contribution < 1.29 is 26.8 Å². The van der Waals surface area contributed by atoms with Crippen LogP contribution in [0.15, 0.2) is 4.52 Å². The first kappa shape index (κ1) is 17.2. The molecule has 0 spiro atoms. The van der Waals surface area contributed by atoms with Gasteiger partial charge < -0.3 is 15.0 Å². The minimum absolute atomic E-state index is 0.00957. The van der Waals surface area contributed by atoms with E-state index in [1.165, 1.54) is 0 Å². The third-order valence-electron chi connectivity index (χ3n) is 2.28. The maximum atomic E-state index is 12.6. The van der Waals surface area contributed by atoms with Gasteiger partial charge in [0, 0.05) is 0 Å². The number of halogens is 4. The van der Waals surface area contributed by atoms with Crippen molar-refractivity contribution in [3.63, 3.8) is 0 Å². The summed E-state index contributed by atoms with van der Waals surface area (Å²) in [7, 11) is 0. The molecule has 20 heavy (non-hydrogen) atoms. The third kappa shape index (κ3) is 5.25. The SMILES string of the molecule is CSCCC(N)c1nc(COCC(F)(F)C(F)F)no1. The minimum atomic E-state index is -4.19. The Morgan fingerprint density at radius 2 is 2.15 bits per heavy atom. The number of hydrogen-bond acceptors (Lipinski definition) is 6. The molecule has 0 saturated heterocycles. The van der Waals surface area contributed by atoms with Crippen molar-refractivity contribution in [3.05, 3.63) is 11.7 Å². The van der Waals surface area contributed by atoms with Gasteiger partial charge in [0.1, 0.15) is 13.2 Å². The third-order valence-corrected chi connectivity index (χ3v) is 2.92. The average molecular weight is 317 g/mol. The molecule has 0 aliphatic heterocycles. The zero-order valence-electron chi connectivity index (χ0n) is 10.7. The fourth-order valence-corrected chi connectivity index (χ4v) is 1.68. The maximum absolute atomic E-state index is 12.6. The van der Waals surface area contributed by atoms with Gasteiger partial charge >= 0.3 is 12.3 Å².